The molecule has 2 aromatic heterocycles. The number of pyridine rings is 1. The zero-order chi connectivity index (χ0) is 21.8. The largest absolute Gasteiger partial charge is 0.435 e. The van der Waals surface area contributed by atoms with Crippen molar-refractivity contribution in [2.75, 3.05) is 10.6 Å². The second-order valence-electron chi connectivity index (χ2n) is 6.99. The van der Waals surface area contributed by atoms with Gasteiger partial charge >= 0.3 is 0 Å². The molecular formula is C24H20N4O3. The molecule has 154 valence electrons. The molecule has 0 saturated heterocycles. The molecule has 0 aliphatic rings. The van der Waals surface area contributed by atoms with Gasteiger partial charge in [-0.05, 0) is 61.0 Å². The standard InChI is InChI=1S/C24H20N4O3/c1-15-12-13-25-20(14-15)27-23(30)21-22(17-8-10-19(11-9-17)26-16(2)29)31-24(28-21)18-6-4-3-5-7-18/h3-14H,1-2H3,(H,26,29)(H,25,27,30). The lowest BCUT2D eigenvalue weighted by Crippen LogP contribution is -2.14. The lowest BCUT2D eigenvalue weighted by atomic mass is 10.1. The highest BCUT2D eigenvalue weighted by molar-refractivity contribution is 6.06. The summed E-state index contributed by atoms with van der Waals surface area (Å²) in [5.41, 5.74) is 3.19. The second kappa shape index (κ2) is 8.62. The van der Waals surface area contributed by atoms with Crippen molar-refractivity contribution in [2.45, 2.75) is 13.8 Å². The van der Waals surface area contributed by atoms with Crippen LogP contribution in [0.15, 0.2) is 77.3 Å². The van der Waals surface area contributed by atoms with Crippen molar-refractivity contribution in [3.63, 3.8) is 0 Å². The third-order valence-corrected chi connectivity index (χ3v) is 4.49. The van der Waals surface area contributed by atoms with Gasteiger partial charge in [0.05, 0.1) is 0 Å². The molecule has 4 rings (SSSR count). The number of hydrogen-bond acceptors (Lipinski definition) is 5. The van der Waals surface area contributed by atoms with Gasteiger partial charge in [0, 0.05) is 29.9 Å². The van der Waals surface area contributed by atoms with E-state index in [1.807, 2.05) is 43.3 Å². The van der Waals surface area contributed by atoms with Gasteiger partial charge in [-0.15, -0.1) is 0 Å². The number of benzene rings is 2. The van der Waals surface area contributed by atoms with Crippen LogP contribution in [0.1, 0.15) is 23.0 Å². The highest BCUT2D eigenvalue weighted by Gasteiger charge is 2.23. The Morgan fingerprint density at radius 3 is 2.32 bits per heavy atom. The summed E-state index contributed by atoms with van der Waals surface area (Å²) in [5, 5.41) is 5.50. The molecule has 0 spiro atoms. The summed E-state index contributed by atoms with van der Waals surface area (Å²) in [5.74, 6) is 0.512. The van der Waals surface area contributed by atoms with E-state index in [1.54, 1.807) is 36.5 Å². The van der Waals surface area contributed by atoms with Gasteiger partial charge in [-0.1, -0.05) is 18.2 Å². The topological polar surface area (TPSA) is 97.1 Å². The van der Waals surface area contributed by atoms with Crippen molar-refractivity contribution in [3.8, 4) is 22.8 Å². The van der Waals surface area contributed by atoms with Gasteiger partial charge < -0.3 is 15.1 Å². The number of aryl methyl sites for hydroxylation is 1. The number of nitrogens with zero attached hydrogens (tertiary/aromatic N) is 2. The van der Waals surface area contributed by atoms with Crippen LogP contribution in [-0.4, -0.2) is 21.8 Å². The first-order chi connectivity index (χ1) is 15.0. The van der Waals surface area contributed by atoms with Gasteiger partial charge in [-0.3, -0.25) is 9.59 Å². The molecule has 2 N–H and O–H groups in total. The maximum absolute atomic E-state index is 13.0. The minimum atomic E-state index is -0.426. The van der Waals surface area contributed by atoms with Crippen molar-refractivity contribution in [1.82, 2.24) is 9.97 Å². The molecule has 0 fully saturated rings. The zero-order valence-electron chi connectivity index (χ0n) is 17.0. The SMILES string of the molecule is CC(=O)Nc1ccc(-c2oc(-c3ccccc3)nc2C(=O)Nc2cc(C)ccn2)cc1. The molecule has 31 heavy (non-hydrogen) atoms. The molecule has 2 amide bonds. The van der Waals surface area contributed by atoms with E-state index < -0.39 is 5.91 Å². The Balaban J connectivity index is 1.73. The smallest absolute Gasteiger partial charge is 0.279 e. The molecule has 7 heteroatoms. The number of rotatable bonds is 5. The summed E-state index contributed by atoms with van der Waals surface area (Å²) in [6, 6.07) is 20.0. The first-order valence-corrected chi connectivity index (χ1v) is 9.68. The van der Waals surface area contributed by atoms with Crippen molar-refractivity contribution >= 4 is 23.3 Å². The highest BCUT2D eigenvalue weighted by atomic mass is 16.4. The number of hydrogen-bond donors (Lipinski definition) is 2. The first kappa shape index (κ1) is 20.0. The van der Waals surface area contributed by atoms with Crippen molar-refractivity contribution in [3.05, 3.63) is 84.2 Å². The minimum absolute atomic E-state index is 0.148. The Morgan fingerprint density at radius 2 is 1.65 bits per heavy atom. The van der Waals surface area contributed by atoms with Crippen LogP contribution in [-0.2, 0) is 4.79 Å². The second-order valence-corrected chi connectivity index (χ2v) is 6.99. The Kier molecular flexibility index (Phi) is 5.57. The molecule has 0 aliphatic heterocycles. The van der Waals surface area contributed by atoms with Crippen LogP contribution in [0, 0.1) is 6.92 Å². The molecule has 0 atom stereocenters. The van der Waals surface area contributed by atoms with E-state index >= 15 is 0 Å². The fraction of sp³-hybridized carbons (Fsp3) is 0.0833. The van der Waals surface area contributed by atoms with Gasteiger partial charge in [0.1, 0.15) is 5.82 Å². The molecular weight excluding hydrogens is 392 g/mol. The van der Waals surface area contributed by atoms with Gasteiger partial charge in [0.2, 0.25) is 11.8 Å². The average Bonchev–Trinajstić information content (AvgIpc) is 3.20. The number of carbonyl (C=O) groups is 2. The maximum atomic E-state index is 13.0. The number of nitrogens with one attached hydrogen (secondary N) is 2. The Labute approximate surface area is 179 Å². The maximum Gasteiger partial charge on any atom is 0.279 e. The van der Waals surface area contributed by atoms with Gasteiger partial charge in [0.15, 0.2) is 11.5 Å². The highest BCUT2D eigenvalue weighted by Crippen LogP contribution is 2.31. The summed E-state index contributed by atoms with van der Waals surface area (Å²) >= 11 is 0. The monoisotopic (exact) mass is 412 g/mol. The first-order valence-electron chi connectivity index (χ1n) is 9.68. The van der Waals surface area contributed by atoms with Crippen LogP contribution in [0.2, 0.25) is 0 Å². The number of anilines is 2. The zero-order valence-corrected chi connectivity index (χ0v) is 17.0. The van der Waals surface area contributed by atoms with Crippen molar-refractivity contribution in [1.29, 1.82) is 0 Å². The molecule has 7 nitrogen and oxygen atoms in total. The van der Waals surface area contributed by atoms with E-state index in [1.165, 1.54) is 6.92 Å². The summed E-state index contributed by atoms with van der Waals surface area (Å²) in [6.07, 6.45) is 1.63. The van der Waals surface area contributed by atoms with Crippen LogP contribution in [0.5, 0.6) is 0 Å². The predicted molar refractivity (Wildman–Crippen MR) is 119 cm³/mol. The lowest BCUT2D eigenvalue weighted by molar-refractivity contribution is -0.114. The van der Waals surface area contributed by atoms with E-state index in [-0.39, 0.29) is 11.6 Å². The Bertz CT molecular complexity index is 1230. The van der Waals surface area contributed by atoms with E-state index in [9.17, 15) is 9.59 Å². The van der Waals surface area contributed by atoms with E-state index in [0.29, 0.717) is 28.7 Å². The number of amides is 2. The van der Waals surface area contributed by atoms with Gasteiger partial charge in [0.25, 0.3) is 5.91 Å². The van der Waals surface area contributed by atoms with Crippen LogP contribution in [0.25, 0.3) is 22.8 Å². The van der Waals surface area contributed by atoms with Crippen LogP contribution >= 0.6 is 0 Å². The lowest BCUT2D eigenvalue weighted by Gasteiger charge is -2.06. The molecule has 0 bridgehead atoms. The van der Waals surface area contributed by atoms with E-state index in [4.69, 9.17) is 4.42 Å². The molecule has 2 heterocycles. The van der Waals surface area contributed by atoms with Crippen molar-refractivity contribution < 1.29 is 14.0 Å². The fourth-order valence-electron chi connectivity index (χ4n) is 3.06. The van der Waals surface area contributed by atoms with Crippen LogP contribution < -0.4 is 10.6 Å². The average molecular weight is 412 g/mol. The number of carbonyl (C=O) groups excluding carboxylic acids is 2. The van der Waals surface area contributed by atoms with Crippen molar-refractivity contribution in [2.24, 2.45) is 0 Å². The van der Waals surface area contributed by atoms with E-state index in [0.717, 1.165) is 11.1 Å². The van der Waals surface area contributed by atoms with Gasteiger partial charge in [-0.25, -0.2) is 9.97 Å². The quantitative estimate of drug-likeness (QED) is 0.485. The molecule has 0 saturated carbocycles. The molecule has 0 radical (unpaired) electrons. The van der Waals surface area contributed by atoms with Crippen LogP contribution in [0.4, 0.5) is 11.5 Å². The summed E-state index contributed by atoms with van der Waals surface area (Å²) in [4.78, 5) is 33.0. The minimum Gasteiger partial charge on any atom is -0.435 e. The summed E-state index contributed by atoms with van der Waals surface area (Å²) in [6.45, 7) is 3.36. The number of aromatic nitrogens is 2. The molecule has 4 aromatic rings. The number of oxazole rings is 1. The Morgan fingerprint density at radius 1 is 0.903 bits per heavy atom. The van der Waals surface area contributed by atoms with E-state index in [2.05, 4.69) is 20.6 Å². The Hall–Kier alpha value is -4.26. The summed E-state index contributed by atoms with van der Waals surface area (Å²) in [7, 11) is 0. The molecule has 2 aromatic carbocycles. The summed E-state index contributed by atoms with van der Waals surface area (Å²) < 4.78 is 6.01. The fourth-order valence-corrected chi connectivity index (χ4v) is 3.06. The third kappa shape index (κ3) is 4.67. The van der Waals surface area contributed by atoms with Gasteiger partial charge in [-0.2, -0.15) is 0 Å². The molecule has 0 unspecified atom stereocenters. The molecule has 0 aliphatic carbocycles. The normalized spacial score (nSPS) is 10.5. The predicted octanol–water partition coefficient (Wildman–Crippen LogP) is 4.92. The third-order valence-electron chi connectivity index (χ3n) is 4.49. The van der Waals surface area contributed by atoms with Crippen LogP contribution in [0.3, 0.4) is 0 Å².